The first-order valence-electron chi connectivity index (χ1n) is 12.8. The summed E-state index contributed by atoms with van der Waals surface area (Å²) < 4.78 is 46.6. The number of aromatic nitrogens is 5. The van der Waals surface area contributed by atoms with Gasteiger partial charge in [-0.3, -0.25) is 20.2 Å². The number of fused-ring (bicyclic) bond motifs is 1. The van der Waals surface area contributed by atoms with Gasteiger partial charge in [-0.2, -0.15) is 18.3 Å². The van der Waals surface area contributed by atoms with Gasteiger partial charge in [0.25, 0.3) is 5.91 Å². The van der Waals surface area contributed by atoms with Crippen molar-refractivity contribution < 1.29 is 18.0 Å². The van der Waals surface area contributed by atoms with Crippen LogP contribution in [0, 0.1) is 20.8 Å². The Hall–Kier alpha value is -4.42. The van der Waals surface area contributed by atoms with Crippen LogP contribution in [0.5, 0.6) is 0 Å². The maximum atomic E-state index is 13.7. The lowest BCUT2D eigenvalue weighted by atomic mass is 10.1. The second-order valence-corrected chi connectivity index (χ2v) is 10.0. The second kappa shape index (κ2) is 9.65. The molecular formula is C28H27F3N8O. The number of rotatable bonds is 5. The molecule has 1 aliphatic heterocycles. The number of anilines is 1. The first-order chi connectivity index (χ1) is 19.1. The molecule has 3 N–H and O–H groups in total. The summed E-state index contributed by atoms with van der Waals surface area (Å²) in [6.07, 6.45) is 0.398. The first-order valence-corrected chi connectivity index (χ1v) is 12.8. The third-order valence-corrected chi connectivity index (χ3v) is 7.18. The zero-order valence-electron chi connectivity index (χ0n) is 22.0. The van der Waals surface area contributed by atoms with E-state index >= 15 is 0 Å². The number of carbonyl (C=O) groups excluding carboxylic acids is 1. The van der Waals surface area contributed by atoms with Crippen LogP contribution < -0.4 is 16.2 Å². The van der Waals surface area contributed by atoms with Gasteiger partial charge in [0.05, 0.1) is 22.6 Å². The van der Waals surface area contributed by atoms with Crippen LogP contribution in [-0.4, -0.2) is 42.7 Å². The lowest BCUT2D eigenvalue weighted by molar-refractivity contribution is -0.137. The van der Waals surface area contributed by atoms with E-state index in [0.29, 0.717) is 11.5 Å². The van der Waals surface area contributed by atoms with Crippen LogP contribution in [0.15, 0.2) is 61.1 Å². The summed E-state index contributed by atoms with van der Waals surface area (Å²) in [7, 11) is 0. The largest absolute Gasteiger partial charge is 0.416 e. The predicted molar refractivity (Wildman–Crippen MR) is 144 cm³/mol. The minimum atomic E-state index is -4.62. The third-order valence-electron chi connectivity index (χ3n) is 7.18. The number of hydrazine groups is 1. The molecule has 3 aromatic heterocycles. The van der Waals surface area contributed by atoms with Crippen LogP contribution >= 0.6 is 0 Å². The van der Waals surface area contributed by atoms with Crippen molar-refractivity contribution in [1.82, 2.24) is 34.6 Å². The summed E-state index contributed by atoms with van der Waals surface area (Å²) in [5, 5.41) is 7.57. The van der Waals surface area contributed by atoms with Crippen molar-refractivity contribution in [2.24, 2.45) is 0 Å². The number of amides is 1. The van der Waals surface area contributed by atoms with E-state index in [1.54, 1.807) is 19.2 Å². The Bertz CT molecular complexity index is 1740. The molecule has 4 heterocycles. The van der Waals surface area contributed by atoms with E-state index in [1.807, 2.05) is 41.3 Å². The number of hydrogen-bond donors (Lipinski definition) is 3. The summed E-state index contributed by atoms with van der Waals surface area (Å²) in [6, 6.07) is 10.8. The van der Waals surface area contributed by atoms with Crippen molar-refractivity contribution in [2.45, 2.75) is 32.9 Å². The molecule has 0 saturated carbocycles. The smallest absolute Gasteiger partial charge is 0.322 e. The molecule has 40 heavy (non-hydrogen) atoms. The number of imidazole rings is 2. The van der Waals surface area contributed by atoms with Crippen molar-refractivity contribution in [3.05, 3.63) is 95.0 Å². The van der Waals surface area contributed by atoms with E-state index in [9.17, 15) is 18.0 Å². The molecule has 5 aromatic rings. The van der Waals surface area contributed by atoms with Gasteiger partial charge in [0.2, 0.25) is 0 Å². The Morgan fingerprint density at radius 2 is 1.80 bits per heavy atom. The molecule has 1 aliphatic rings. The molecule has 2 aromatic carbocycles. The minimum absolute atomic E-state index is 0.113. The Kier molecular flexibility index (Phi) is 6.23. The summed E-state index contributed by atoms with van der Waals surface area (Å²) in [5.41, 5.74) is 10.5. The van der Waals surface area contributed by atoms with Gasteiger partial charge in [-0.05, 0) is 56.7 Å². The fourth-order valence-electron chi connectivity index (χ4n) is 5.04. The van der Waals surface area contributed by atoms with E-state index in [2.05, 4.69) is 27.2 Å². The fourth-order valence-corrected chi connectivity index (χ4v) is 5.04. The van der Waals surface area contributed by atoms with Crippen molar-refractivity contribution in [1.29, 1.82) is 0 Å². The van der Waals surface area contributed by atoms with Crippen LogP contribution in [0.2, 0.25) is 0 Å². The molecule has 6 rings (SSSR count). The zero-order chi connectivity index (χ0) is 28.2. The number of hydrogen-bond acceptors (Lipinski definition) is 5. The molecule has 1 amide bonds. The first kappa shape index (κ1) is 25.8. The number of carbonyl (C=O) groups is 1. The van der Waals surface area contributed by atoms with Crippen LogP contribution in [-0.2, 0) is 6.18 Å². The highest BCUT2D eigenvalue weighted by molar-refractivity contribution is 6.05. The fraction of sp³-hybridized carbons (Fsp3) is 0.250. The van der Waals surface area contributed by atoms with Gasteiger partial charge in [0.1, 0.15) is 11.5 Å². The number of alkyl halides is 3. The number of aryl methyl sites for hydroxylation is 3. The van der Waals surface area contributed by atoms with Crippen LogP contribution in [0.25, 0.3) is 17.0 Å². The summed E-state index contributed by atoms with van der Waals surface area (Å²) in [4.78, 5) is 17.4. The van der Waals surface area contributed by atoms with Gasteiger partial charge in [-0.25, -0.2) is 9.50 Å². The average molecular weight is 549 g/mol. The van der Waals surface area contributed by atoms with Crippen molar-refractivity contribution >= 4 is 17.2 Å². The summed E-state index contributed by atoms with van der Waals surface area (Å²) >= 11 is 0. The molecule has 0 aliphatic carbocycles. The Morgan fingerprint density at radius 1 is 1.02 bits per heavy atom. The van der Waals surface area contributed by atoms with E-state index in [-0.39, 0.29) is 17.2 Å². The predicted octanol–water partition coefficient (Wildman–Crippen LogP) is 4.70. The van der Waals surface area contributed by atoms with Crippen molar-refractivity contribution in [3.63, 3.8) is 0 Å². The van der Waals surface area contributed by atoms with Gasteiger partial charge in [0, 0.05) is 60.6 Å². The maximum absolute atomic E-state index is 13.7. The van der Waals surface area contributed by atoms with Crippen LogP contribution in [0.3, 0.4) is 0 Å². The van der Waals surface area contributed by atoms with Crippen LogP contribution in [0.4, 0.5) is 18.9 Å². The SMILES string of the molecule is Cc1ccc(NC(=O)c2cc(-n3ccnc3C)cc(C(F)(F)F)c2)cc1-n1cc(C)n2nc(C3CNNC3)cc12. The Labute approximate surface area is 227 Å². The summed E-state index contributed by atoms with van der Waals surface area (Å²) in [6.45, 7) is 7.19. The zero-order valence-corrected chi connectivity index (χ0v) is 22.0. The highest BCUT2D eigenvalue weighted by atomic mass is 19.4. The number of benzene rings is 2. The highest BCUT2D eigenvalue weighted by Gasteiger charge is 2.32. The lowest BCUT2D eigenvalue weighted by Gasteiger charge is -2.15. The Morgan fingerprint density at radius 3 is 2.50 bits per heavy atom. The molecule has 12 heteroatoms. The van der Waals surface area contributed by atoms with Gasteiger partial charge >= 0.3 is 6.18 Å². The monoisotopic (exact) mass is 548 g/mol. The molecule has 206 valence electrons. The molecule has 9 nitrogen and oxygen atoms in total. The standard InChI is InChI=1S/C28H27F3N8O/c1-16-4-5-22(11-25(16)38-15-17(2)39-26(38)12-24(36-39)20-13-33-34-14-20)35-27(40)19-8-21(28(29,30)31)10-23(9-19)37-7-6-32-18(37)3/h4-12,15,20,33-34H,13-14H2,1-3H3,(H,35,40). The van der Waals surface area contributed by atoms with Crippen molar-refractivity contribution in [2.75, 3.05) is 18.4 Å². The number of nitrogens with one attached hydrogen (secondary N) is 3. The molecule has 0 spiro atoms. The number of halogens is 3. The molecule has 0 bridgehead atoms. The van der Waals surface area contributed by atoms with Gasteiger partial charge in [-0.1, -0.05) is 6.07 Å². The molecule has 0 unspecified atom stereocenters. The lowest BCUT2D eigenvalue weighted by Crippen LogP contribution is -2.21. The molecule has 1 saturated heterocycles. The normalized spacial score (nSPS) is 14.3. The van der Waals surface area contributed by atoms with E-state index in [4.69, 9.17) is 5.10 Å². The molecule has 0 atom stereocenters. The topological polar surface area (TPSA) is 93.2 Å². The average Bonchev–Trinajstić information content (AvgIpc) is 3.71. The van der Waals surface area contributed by atoms with Gasteiger partial charge in [0.15, 0.2) is 0 Å². The van der Waals surface area contributed by atoms with E-state index in [0.717, 1.165) is 53.5 Å². The molecule has 1 fully saturated rings. The number of nitrogens with zero attached hydrogens (tertiary/aromatic N) is 5. The second-order valence-electron chi connectivity index (χ2n) is 10.0. The van der Waals surface area contributed by atoms with Gasteiger partial charge in [-0.15, -0.1) is 0 Å². The quantitative estimate of drug-likeness (QED) is 0.296. The Balaban J connectivity index is 1.35. The summed E-state index contributed by atoms with van der Waals surface area (Å²) in [5.74, 6) is 0.107. The third kappa shape index (κ3) is 4.65. The van der Waals surface area contributed by atoms with Crippen LogP contribution in [0.1, 0.15) is 44.6 Å². The van der Waals surface area contributed by atoms with Gasteiger partial charge < -0.3 is 9.88 Å². The maximum Gasteiger partial charge on any atom is 0.416 e. The van der Waals surface area contributed by atoms with E-state index < -0.39 is 17.6 Å². The van der Waals surface area contributed by atoms with E-state index in [1.165, 1.54) is 16.8 Å². The molecular weight excluding hydrogens is 521 g/mol. The minimum Gasteiger partial charge on any atom is -0.322 e. The molecule has 0 radical (unpaired) electrons. The highest BCUT2D eigenvalue weighted by Crippen LogP contribution is 2.32. The van der Waals surface area contributed by atoms with Crippen molar-refractivity contribution in [3.8, 4) is 11.4 Å².